The molecule has 31 heavy (non-hydrogen) atoms. The molecule has 0 saturated heterocycles. The lowest BCUT2D eigenvalue weighted by Crippen LogP contribution is -2.42. The van der Waals surface area contributed by atoms with Gasteiger partial charge in [0.05, 0.1) is 24.8 Å². The van der Waals surface area contributed by atoms with Crippen molar-refractivity contribution in [2.24, 2.45) is 0 Å². The molecule has 8 heteroatoms. The van der Waals surface area contributed by atoms with Crippen LogP contribution in [0, 0.1) is 0 Å². The zero-order valence-corrected chi connectivity index (χ0v) is 17.6. The number of methoxy groups -OCH3 is 1. The fraction of sp³-hybridized carbons (Fsp3) is 0.130. The van der Waals surface area contributed by atoms with E-state index in [1.165, 1.54) is 18.1 Å². The van der Waals surface area contributed by atoms with Gasteiger partial charge in [-0.2, -0.15) is 0 Å². The van der Waals surface area contributed by atoms with Gasteiger partial charge in [0, 0.05) is 18.3 Å². The molecular weight excluding hydrogens is 416 g/mol. The standard InChI is InChI=1S/C23H18N2O5S/c1-24(16-8-4-3-5-9-16)21(27)14-7-6-10-17(11-14)25-18(26)12-15-13-31-20(23(29)30-2)19(15)22(25)28/h3-11,13H,12H2,1-2H3. The van der Waals surface area contributed by atoms with E-state index in [9.17, 15) is 19.2 Å². The molecule has 0 atom stereocenters. The Labute approximate surface area is 182 Å². The maximum atomic E-state index is 13.2. The first-order valence-corrected chi connectivity index (χ1v) is 10.3. The normalized spacial score (nSPS) is 13.0. The average molecular weight is 434 g/mol. The van der Waals surface area contributed by atoms with Crippen LogP contribution in [0.4, 0.5) is 11.4 Å². The second kappa shape index (κ2) is 8.16. The van der Waals surface area contributed by atoms with Gasteiger partial charge in [-0.1, -0.05) is 24.3 Å². The Morgan fingerprint density at radius 2 is 1.81 bits per heavy atom. The summed E-state index contributed by atoms with van der Waals surface area (Å²) in [4.78, 5) is 53.6. The van der Waals surface area contributed by atoms with E-state index in [4.69, 9.17) is 4.74 Å². The number of carbonyl (C=O) groups is 4. The Hall–Kier alpha value is -3.78. The van der Waals surface area contributed by atoms with Crippen LogP contribution < -0.4 is 9.80 Å². The third-order valence-electron chi connectivity index (χ3n) is 5.05. The van der Waals surface area contributed by atoms with Crippen LogP contribution in [0.5, 0.6) is 0 Å². The summed E-state index contributed by atoms with van der Waals surface area (Å²) < 4.78 is 4.76. The van der Waals surface area contributed by atoms with Crippen LogP contribution in [-0.2, 0) is 16.0 Å². The number of anilines is 2. The predicted molar refractivity (Wildman–Crippen MR) is 117 cm³/mol. The highest BCUT2D eigenvalue weighted by molar-refractivity contribution is 7.12. The Balaban J connectivity index is 1.69. The molecule has 1 aliphatic heterocycles. The molecule has 3 aromatic rings. The third-order valence-corrected chi connectivity index (χ3v) is 6.05. The van der Waals surface area contributed by atoms with E-state index in [2.05, 4.69) is 0 Å². The number of hydrogen-bond donors (Lipinski definition) is 0. The molecule has 0 aliphatic carbocycles. The molecule has 1 aliphatic rings. The summed E-state index contributed by atoms with van der Waals surface area (Å²) in [6.45, 7) is 0. The lowest BCUT2D eigenvalue weighted by molar-refractivity contribution is -0.117. The Morgan fingerprint density at radius 3 is 2.52 bits per heavy atom. The first kappa shape index (κ1) is 20.5. The molecule has 0 unspecified atom stereocenters. The van der Waals surface area contributed by atoms with E-state index in [-0.39, 0.29) is 28.5 Å². The number of nitrogens with zero attached hydrogens (tertiary/aromatic N) is 2. The van der Waals surface area contributed by atoms with Crippen molar-refractivity contribution in [1.82, 2.24) is 0 Å². The SMILES string of the molecule is COC(=O)c1scc2c1C(=O)N(c1cccc(C(=O)N(C)c3ccccc3)c1)C(=O)C2. The summed E-state index contributed by atoms with van der Waals surface area (Å²) in [6, 6.07) is 15.5. The number of thiophene rings is 1. The van der Waals surface area contributed by atoms with Crippen molar-refractivity contribution in [2.45, 2.75) is 6.42 Å². The second-order valence-corrected chi connectivity index (χ2v) is 7.80. The molecule has 156 valence electrons. The van der Waals surface area contributed by atoms with Crippen LogP contribution in [0.25, 0.3) is 0 Å². The number of hydrogen-bond acceptors (Lipinski definition) is 6. The highest BCUT2D eigenvalue weighted by Crippen LogP contribution is 2.32. The third kappa shape index (κ3) is 3.62. The Morgan fingerprint density at radius 1 is 1.06 bits per heavy atom. The zero-order valence-electron chi connectivity index (χ0n) is 16.8. The topological polar surface area (TPSA) is 84.0 Å². The summed E-state index contributed by atoms with van der Waals surface area (Å²) >= 11 is 1.08. The summed E-state index contributed by atoms with van der Waals surface area (Å²) in [6.07, 6.45) is -0.0172. The van der Waals surface area contributed by atoms with Crippen LogP contribution in [0.2, 0.25) is 0 Å². The number of para-hydroxylation sites is 1. The summed E-state index contributed by atoms with van der Waals surface area (Å²) in [5, 5.41) is 1.63. The number of ether oxygens (including phenoxy) is 1. The highest BCUT2D eigenvalue weighted by Gasteiger charge is 2.37. The maximum Gasteiger partial charge on any atom is 0.348 e. The molecule has 0 spiro atoms. The Bertz CT molecular complexity index is 1200. The first-order chi connectivity index (χ1) is 14.9. The van der Waals surface area contributed by atoms with Gasteiger partial charge in [-0.15, -0.1) is 11.3 Å². The van der Waals surface area contributed by atoms with Crippen LogP contribution in [0.15, 0.2) is 60.0 Å². The average Bonchev–Trinajstić information content (AvgIpc) is 3.22. The van der Waals surface area contributed by atoms with Gasteiger partial charge < -0.3 is 9.64 Å². The minimum absolute atomic E-state index is 0.0172. The number of rotatable bonds is 4. The number of carbonyl (C=O) groups excluding carboxylic acids is 4. The van der Waals surface area contributed by atoms with E-state index >= 15 is 0 Å². The second-order valence-electron chi connectivity index (χ2n) is 6.92. The van der Waals surface area contributed by atoms with E-state index in [0.29, 0.717) is 16.8 Å². The molecule has 0 fully saturated rings. The molecule has 7 nitrogen and oxygen atoms in total. The van der Waals surface area contributed by atoms with Gasteiger partial charge >= 0.3 is 5.97 Å². The number of amides is 3. The lowest BCUT2D eigenvalue weighted by Gasteiger charge is -2.26. The van der Waals surface area contributed by atoms with Crippen molar-refractivity contribution in [3.63, 3.8) is 0 Å². The van der Waals surface area contributed by atoms with Crippen molar-refractivity contribution < 1.29 is 23.9 Å². The summed E-state index contributed by atoms with van der Waals surface area (Å²) in [5.41, 5.74) is 2.00. The molecule has 0 saturated carbocycles. The molecule has 2 aromatic carbocycles. The molecule has 0 radical (unpaired) electrons. The molecule has 4 rings (SSSR count). The van der Waals surface area contributed by atoms with Gasteiger partial charge in [-0.05, 0) is 41.3 Å². The van der Waals surface area contributed by atoms with Crippen molar-refractivity contribution in [3.8, 4) is 0 Å². The number of imide groups is 1. The minimum Gasteiger partial charge on any atom is -0.465 e. The molecule has 3 amide bonds. The van der Waals surface area contributed by atoms with Crippen LogP contribution in [-0.4, -0.2) is 37.8 Å². The highest BCUT2D eigenvalue weighted by atomic mass is 32.1. The van der Waals surface area contributed by atoms with Crippen LogP contribution in [0.3, 0.4) is 0 Å². The smallest absolute Gasteiger partial charge is 0.348 e. The number of fused-ring (bicyclic) bond motifs is 1. The number of benzene rings is 2. The van der Waals surface area contributed by atoms with E-state index in [0.717, 1.165) is 16.2 Å². The van der Waals surface area contributed by atoms with Gasteiger partial charge in [0.25, 0.3) is 11.8 Å². The largest absolute Gasteiger partial charge is 0.465 e. The predicted octanol–water partition coefficient (Wildman–Crippen LogP) is 3.54. The van der Waals surface area contributed by atoms with Gasteiger partial charge in [-0.25, -0.2) is 9.69 Å². The monoisotopic (exact) mass is 434 g/mol. The fourth-order valence-electron chi connectivity index (χ4n) is 3.47. The lowest BCUT2D eigenvalue weighted by atomic mass is 10.00. The van der Waals surface area contributed by atoms with Crippen molar-refractivity contribution in [1.29, 1.82) is 0 Å². The summed E-state index contributed by atoms with van der Waals surface area (Å²) in [7, 11) is 2.89. The van der Waals surface area contributed by atoms with Gasteiger partial charge in [-0.3, -0.25) is 14.4 Å². The van der Waals surface area contributed by atoms with E-state index < -0.39 is 17.8 Å². The number of esters is 1. The van der Waals surface area contributed by atoms with E-state index in [1.54, 1.807) is 30.6 Å². The molecule has 0 bridgehead atoms. The van der Waals surface area contributed by atoms with Gasteiger partial charge in [0.2, 0.25) is 5.91 Å². The fourth-order valence-corrected chi connectivity index (χ4v) is 4.45. The maximum absolute atomic E-state index is 13.2. The first-order valence-electron chi connectivity index (χ1n) is 9.41. The quantitative estimate of drug-likeness (QED) is 0.463. The molecule has 0 N–H and O–H groups in total. The molecular formula is C23H18N2O5S. The van der Waals surface area contributed by atoms with Crippen molar-refractivity contribution >= 4 is 46.4 Å². The van der Waals surface area contributed by atoms with Crippen LogP contribution in [0.1, 0.15) is 36.0 Å². The molecule has 2 heterocycles. The molecule has 1 aromatic heterocycles. The minimum atomic E-state index is -0.623. The van der Waals surface area contributed by atoms with Gasteiger partial charge in [0.15, 0.2) is 0 Å². The van der Waals surface area contributed by atoms with Gasteiger partial charge in [0.1, 0.15) is 4.88 Å². The van der Waals surface area contributed by atoms with Crippen LogP contribution >= 0.6 is 11.3 Å². The van der Waals surface area contributed by atoms with Crippen molar-refractivity contribution in [3.05, 3.63) is 81.5 Å². The zero-order chi connectivity index (χ0) is 22.1. The van der Waals surface area contributed by atoms with Crippen molar-refractivity contribution in [2.75, 3.05) is 24.0 Å². The Kier molecular flexibility index (Phi) is 5.39. The summed E-state index contributed by atoms with van der Waals surface area (Å²) in [5.74, 6) is -1.93. The van der Waals surface area contributed by atoms with E-state index in [1.807, 2.05) is 30.3 Å².